The van der Waals surface area contributed by atoms with Gasteiger partial charge in [-0.15, -0.1) is 11.3 Å². The molecule has 0 spiro atoms. The van der Waals surface area contributed by atoms with Gasteiger partial charge in [0.2, 0.25) is 0 Å². The van der Waals surface area contributed by atoms with Crippen molar-refractivity contribution in [3.63, 3.8) is 0 Å². The highest BCUT2D eigenvalue weighted by Gasteiger charge is 2.14. The van der Waals surface area contributed by atoms with Crippen LogP contribution in [0.2, 0.25) is 0 Å². The minimum absolute atomic E-state index is 0.329. The summed E-state index contributed by atoms with van der Waals surface area (Å²) in [5.41, 5.74) is -0.307. The van der Waals surface area contributed by atoms with E-state index in [-0.39, 0.29) is 11.2 Å². The first-order valence-corrected chi connectivity index (χ1v) is 8.52. The molecule has 7 nitrogen and oxygen atoms in total. The summed E-state index contributed by atoms with van der Waals surface area (Å²) in [7, 11) is 5.56. The van der Waals surface area contributed by atoms with Crippen molar-refractivity contribution < 1.29 is 0 Å². The van der Waals surface area contributed by atoms with Gasteiger partial charge in [0.1, 0.15) is 5.39 Å². The van der Waals surface area contributed by atoms with E-state index in [2.05, 4.69) is 9.97 Å². The van der Waals surface area contributed by atoms with E-state index in [0.717, 1.165) is 17.8 Å². The van der Waals surface area contributed by atoms with Crippen molar-refractivity contribution in [3.05, 3.63) is 44.5 Å². The van der Waals surface area contributed by atoms with Gasteiger partial charge in [-0.3, -0.25) is 13.9 Å². The van der Waals surface area contributed by atoms with Crippen LogP contribution >= 0.6 is 11.3 Å². The summed E-state index contributed by atoms with van der Waals surface area (Å²) in [6.07, 6.45) is 2.24. The van der Waals surface area contributed by atoms with E-state index in [9.17, 15) is 9.59 Å². The third-order valence-electron chi connectivity index (χ3n) is 3.81. The van der Waals surface area contributed by atoms with Crippen LogP contribution in [-0.4, -0.2) is 44.6 Å². The maximum atomic E-state index is 12.6. The van der Waals surface area contributed by atoms with Crippen LogP contribution in [0.1, 0.15) is 6.42 Å². The van der Waals surface area contributed by atoms with Crippen LogP contribution < -0.4 is 11.2 Å². The molecule has 0 aromatic carbocycles. The minimum atomic E-state index is -0.345. The predicted molar refractivity (Wildman–Crippen MR) is 95.5 cm³/mol. The van der Waals surface area contributed by atoms with Crippen molar-refractivity contribution in [2.24, 2.45) is 7.05 Å². The zero-order chi connectivity index (χ0) is 17.3. The van der Waals surface area contributed by atoms with E-state index in [4.69, 9.17) is 0 Å². The first-order valence-electron chi connectivity index (χ1n) is 7.64. The fourth-order valence-electron chi connectivity index (χ4n) is 2.55. The van der Waals surface area contributed by atoms with E-state index in [1.807, 2.05) is 36.5 Å². The second-order valence-corrected chi connectivity index (χ2v) is 6.81. The lowest BCUT2D eigenvalue weighted by Gasteiger charge is -2.12. The summed E-state index contributed by atoms with van der Waals surface area (Å²) in [5.74, 6) is 0.525. The lowest BCUT2D eigenvalue weighted by atomic mass is 10.3. The molecule has 0 bridgehead atoms. The molecule has 3 heterocycles. The highest BCUT2D eigenvalue weighted by Crippen LogP contribution is 2.21. The Hall–Kier alpha value is -2.32. The third kappa shape index (κ3) is 3.02. The first-order chi connectivity index (χ1) is 11.5. The van der Waals surface area contributed by atoms with Gasteiger partial charge in [-0.25, -0.2) is 14.8 Å². The van der Waals surface area contributed by atoms with Gasteiger partial charge in [0, 0.05) is 19.8 Å². The zero-order valence-corrected chi connectivity index (χ0v) is 14.7. The van der Waals surface area contributed by atoms with E-state index in [1.54, 1.807) is 7.05 Å². The van der Waals surface area contributed by atoms with Gasteiger partial charge in [-0.1, -0.05) is 6.07 Å². The summed E-state index contributed by atoms with van der Waals surface area (Å²) in [6.45, 7) is 1.19. The van der Waals surface area contributed by atoms with Gasteiger partial charge < -0.3 is 4.90 Å². The van der Waals surface area contributed by atoms with E-state index in [0.29, 0.717) is 23.4 Å². The quantitative estimate of drug-likeness (QED) is 0.694. The highest BCUT2D eigenvalue weighted by molar-refractivity contribution is 7.13. The van der Waals surface area contributed by atoms with Crippen LogP contribution in [0.15, 0.2) is 33.3 Å². The van der Waals surface area contributed by atoms with Crippen molar-refractivity contribution in [2.45, 2.75) is 13.0 Å². The molecule has 0 atom stereocenters. The first kappa shape index (κ1) is 16.5. The van der Waals surface area contributed by atoms with Crippen molar-refractivity contribution in [1.29, 1.82) is 0 Å². The van der Waals surface area contributed by atoms with Crippen LogP contribution in [0.5, 0.6) is 0 Å². The SMILES string of the molecule is CN(C)CCCn1c(=O)c2cnc(-c3cccs3)nc2n(C)c1=O. The molecule has 0 N–H and O–H groups in total. The molecule has 0 fully saturated rings. The molecule has 0 saturated carbocycles. The Morgan fingerprint density at radius 2 is 2.08 bits per heavy atom. The van der Waals surface area contributed by atoms with E-state index in [1.165, 1.54) is 26.7 Å². The Morgan fingerprint density at radius 1 is 1.29 bits per heavy atom. The van der Waals surface area contributed by atoms with Gasteiger partial charge in [0.15, 0.2) is 11.5 Å². The number of nitrogens with zero attached hydrogens (tertiary/aromatic N) is 5. The smallest absolute Gasteiger partial charge is 0.309 e. The summed E-state index contributed by atoms with van der Waals surface area (Å²) < 4.78 is 2.69. The molecule has 3 rings (SSSR count). The Labute approximate surface area is 142 Å². The number of aryl methyl sites for hydroxylation is 1. The fraction of sp³-hybridized carbons (Fsp3) is 0.375. The van der Waals surface area contributed by atoms with Gasteiger partial charge >= 0.3 is 5.69 Å². The number of rotatable bonds is 5. The van der Waals surface area contributed by atoms with Crippen LogP contribution in [0, 0.1) is 0 Å². The Bertz CT molecular complexity index is 973. The molecule has 0 saturated heterocycles. The Balaban J connectivity index is 2.10. The molecule has 8 heteroatoms. The maximum absolute atomic E-state index is 12.6. The largest absolute Gasteiger partial charge is 0.332 e. The average molecular weight is 345 g/mol. The van der Waals surface area contributed by atoms with Crippen molar-refractivity contribution in [3.8, 4) is 10.7 Å². The normalized spacial score (nSPS) is 11.5. The highest BCUT2D eigenvalue weighted by atomic mass is 32.1. The molecular formula is C16H19N5O2S. The Morgan fingerprint density at radius 3 is 2.75 bits per heavy atom. The predicted octanol–water partition coefficient (Wildman–Crippen LogP) is 1.17. The van der Waals surface area contributed by atoms with Gasteiger partial charge in [-0.2, -0.15) is 0 Å². The summed E-state index contributed by atoms with van der Waals surface area (Å²) in [4.78, 5) is 36.8. The molecule has 0 unspecified atom stereocenters. The average Bonchev–Trinajstić information content (AvgIpc) is 3.09. The number of fused-ring (bicyclic) bond motifs is 1. The molecule has 0 aliphatic carbocycles. The van der Waals surface area contributed by atoms with Crippen LogP contribution in [0.25, 0.3) is 21.7 Å². The van der Waals surface area contributed by atoms with E-state index < -0.39 is 0 Å². The number of thiophene rings is 1. The summed E-state index contributed by atoms with van der Waals surface area (Å²) >= 11 is 1.52. The van der Waals surface area contributed by atoms with Crippen molar-refractivity contribution >= 4 is 22.4 Å². The van der Waals surface area contributed by atoms with Gasteiger partial charge in [0.05, 0.1) is 4.88 Å². The molecule has 3 aromatic rings. The Kier molecular flexibility index (Phi) is 4.59. The molecule has 0 amide bonds. The van der Waals surface area contributed by atoms with Crippen molar-refractivity contribution in [2.75, 3.05) is 20.6 Å². The second-order valence-electron chi connectivity index (χ2n) is 5.86. The second kappa shape index (κ2) is 6.66. The molecule has 0 aliphatic heterocycles. The van der Waals surface area contributed by atoms with Crippen LogP contribution in [0.3, 0.4) is 0 Å². The number of hydrogen-bond acceptors (Lipinski definition) is 6. The molecule has 3 aromatic heterocycles. The van der Waals surface area contributed by atoms with Crippen molar-refractivity contribution in [1.82, 2.24) is 24.0 Å². The molecule has 24 heavy (non-hydrogen) atoms. The van der Waals surface area contributed by atoms with Crippen LogP contribution in [-0.2, 0) is 13.6 Å². The topological polar surface area (TPSA) is 73.0 Å². The molecule has 0 radical (unpaired) electrons. The van der Waals surface area contributed by atoms with E-state index >= 15 is 0 Å². The summed E-state index contributed by atoms with van der Waals surface area (Å²) in [5, 5.41) is 2.30. The fourth-order valence-corrected chi connectivity index (χ4v) is 3.21. The third-order valence-corrected chi connectivity index (χ3v) is 4.67. The zero-order valence-electron chi connectivity index (χ0n) is 13.9. The lowest BCUT2D eigenvalue weighted by Crippen LogP contribution is -2.40. The molecule has 0 aliphatic rings. The molecule has 126 valence electrons. The maximum Gasteiger partial charge on any atom is 0.332 e. The lowest BCUT2D eigenvalue weighted by molar-refractivity contribution is 0.381. The summed E-state index contributed by atoms with van der Waals surface area (Å²) in [6, 6.07) is 3.82. The standard InChI is InChI=1S/C16H19N5O2S/c1-19(2)7-5-8-21-15(22)11-10-17-13(12-6-4-9-24-12)18-14(11)20(3)16(21)23/h4,6,9-10H,5,7-8H2,1-3H3. The van der Waals surface area contributed by atoms with Crippen LogP contribution in [0.4, 0.5) is 0 Å². The van der Waals surface area contributed by atoms with Gasteiger partial charge in [-0.05, 0) is 38.5 Å². The molecular weight excluding hydrogens is 326 g/mol. The van der Waals surface area contributed by atoms with Gasteiger partial charge in [0.25, 0.3) is 5.56 Å². The number of aromatic nitrogens is 4. The monoisotopic (exact) mass is 345 g/mol. The number of hydrogen-bond donors (Lipinski definition) is 0. The minimum Gasteiger partial charge on any atom is -0.309 e.